The first-order valence-corrected chi connectivity index (χ1v) is 4.88. The molecule has 0 bridgehead atoms. The predicted octanol–water partition coefficient (Wildman–Crippen LogP) is 0.190. The van der Waals surface area contributed by atoms with Crippen molar-refractivity contribution in [3.8, 4) is 0 Å². The Bertz CT molecular complexity index is 261. The molecular weight excluding hydrogens is 180 g/mol. The first-order valence-electron chi connectivity index (χ1n) is 4.88. The summed E-state index contributed by atoms with van der Waals surface area (Å²) in [4.78, 5) is 22.6. The van der Waals surface area contributed by atoms with Gasteiger partial charge in [-0.25, -0.2) is 0 Å². The summed E-state index contributed by atoms with van der Waals surface area (Å²) in [5.41, 5.74) is 5.24. The highest BCUT2D eigenvalue weighted by Gasteiger charge is 2.32. The Morgan fingerprint density at radius 1 is 1.36 bits per heavy atom. The molecule has 1 aliphatic rings. The van der Waals surface area contributed by atoms with E-state index in [2.05, 4.69) is 5.32 Å². The van der Waals surface area contributed by atoms with Gasteiger partial charge in [-0.05, 0) is 19.8 Å². The van der Waals surface area contributed by atoms with Crippen molar-refractivity contribution in [3.05, 3.63) is 12.2 Å². The minimum absolute atomic E-state index is 0.0688. The van der Waals surface area contributed by atoms with Crippen LogP contribution in [-0.4, -0.2) is 18.4 Å². The highest BCUT2D eigenvalue weighted by atomic mass is 16.2. The molecule has 78 valence electrons. The maximum absolute atomic E-state index is 11.6. The Morgan fingerprint density at radius 2 is 1.93 bits per heavy atom. The Hall–Kier alpha value is -1.32. The predicted molar refractivity (Wildman–Crippen MR) is 53.2 cm³/mol. The third-order valence-electron chi connectivity index (χ3n) is 2.49. The smallest absolute Gasteiger partial charge is 0.224 e. The highest BCUT2D eigenvalue weighted by molar-refractivity contribution is 5.87. The lowest BCUT2D eigenvalue weighted by atomic mass is 9.82. The molecule has 0 saturated heterocycles. The fraction of sp³-hybridized carbons (Fsp3) is 0.600. The van der Waals surface area contributed by atoms with Crippen molar-refractivity contribution in [1.82, 2.24) is 5.32 Å². The minimum Gasteiger partial charge on any atom is -0.369 e. The highest BCUT2D eigenvalue weighted by Crippen LogP contribution is 2.25. The monoisotopic (exact) mass is 196 g/mol. The van der Waals surface area contributed by atoms with Crippen LogP contribution in [-0.2, 0) is 9.59 Å². The molecule has 0 heterocycles. The van der Waals surface area contributed by atoms with Crippen molar-refractivity contribution >= 4 is 11.8 Å². The molecule has 1 aliphatic carbocycles. The maximum atomic E-state index is 11.6. The van der Waals surface area contributed by atoms with Crippen molar-refractivity contribution in [2.45, 2.75) is 19.8 Å². The summed E-state index contributed by atoms with van der Waals surface area (Å²) in [5, 5.41) is 2.72. The lowest BCUT2D eigenvalue weighted by Gasteiger charge is -2.24. The van der Waals surface area contributed by atoms with Gasteiger partial charge in [-0.15, -0.1) is 0 Å². The van der Waals surface area contributed by atoms with Gasteiger partial charge in [0.25, 0.3) is 0 Å². The molecule has 2 unspecified atom stereocenters. The molecular formula is C10H16N2O2. The second kappa shape index (κ2) is 4.79. The summed E-state index contributed by atoms with van der Waals surface area (Å²) in [5.74, 6) is -1.07. The number of allylic oxidation sites excluding steroid dienone is 2. The Balaban J connectivity index is 2.69. The Kier molecular flexibility index (Phi) is 3.68. The third kappa shape index (κ3) is 2.34. The average Bonchev–Trinajstić information content (AvgIpc) is 2.18. The lowest BCUT2D eigenvalue weighted by Crippen LogP contribution is -2.40. The van der Waals surface area contributed by atoms with Gasteiger partial charge in [0.15, 0.2) is 0 Å². The third-order valence-corrected chi connectivity index (χ3v) is 2.49. The van der Waals surface area contributed by atoms with Crippen LogP contribution in [0.1, 0.15) is 19.8 Å². The minimum atomic E-state index is -0.384. The molecule has 0 saturated carbocycles. The molecule has 4 heteroatoms. The Labute approximate surface area is 83.5 Å². The number of nitrogens with one attached hydrogen (secondary N) is 1. The van der Waals surface area contributed by atoms with Crippen molar-refractivity contribution in [2.75, 3.05) is 6.54 Å². The zero-order valence-electron chi connectivity index (χ0n) is 8.32. The number of amides is 2. The van der Waals surface area contributed by atoms with Crippen LogP contribution >= 0.6 is 0 Å². The summed E-state index contributed by atoms with van der Waals surface area (Å²) < 4.78 is 0. The van der Waals surface area contributed by atoms with Crippen LogP contribution in [0.25, 0.3) is 0 Å². The van der Waals surface area contributed by atoms with E-state index in [0.717, 1.165) is 0 Å². The normalized spacial score (nSPS) is 25.8. The van der Waals surface area contributed by atoms with Crippen LogP contribution in [0.4, 0.5) is 0 Å². The van der Waals surface area contributed by atoms with Crippen molar-refractivity contribution in [1.29, 1.82) is 0 Å². The fourth-order valence-corrected chi connectivity index (χ4v) is 1.72. The zero-order chi connectivity index (χ0) is 10.6. The average molecular weight is 196 g/mol. The number of carbonyl (C=O) groups excluding carboxylic acids is 2. The van der Waals surface area contributed by atoms with Gasteiger partial charge in [0.05, 0.1) is 11.8 Å². The molecule has 14 heavy (non-hydrogen) atoms. The molecule has 4 nitrogen and oxygen atoms in total. The number of rotatable bonds is 3. The largest absolute Gasteiger partial charge is 0.369 e. The van der Waals surface area contributed by atoms with E-state index in [9.17, 15) is 9.59 Å². The van der Waals surface area contributed by atoms with Crippen LogP contribution in [0.2, 0.25) is 0 Å². The van der Waals surface area contributed by atoms with Crippen LogP contribution in [0.5, 0.6) is 0 Å². The second-order valence-corrected chi connectivity index (χ2v) is 3.45. The summed E-state index contributed by atoms with van der Waals surface area (Å²) >= 11 is 0. The number of nitrogens with two attached hydrogens (primary N) is 1. The van der Waals surface area contributed by atoms with Crippen molar-refractivity contribution in [2.24, 2.45) is 17.6 Å². The van der Waals surface area contributed by atoms with Gasteiger partial charge in [0.1, 0.15) is 0 Å². The van der Waals surface area contributed by atoms with E-state index in [-0.39, 0.29) is 23.7 Å². The molecule has 0 aromatic rings. The molecule has 2 atom stereocenters. The van der Waals surface area contributed by atoms with Gasteiger partial charge in [-0.1, -0.05) is 12.2 Å². The number of primary amides is 1. The molecule has 2 amide bonds. The first-order chi connectivity index (χ1) is 6.66. The first kappa shape index (κ1) is 10.8. The molecule has 0 aliphatic heterocycles. The van der Waals surface area contributed by atoms with Gasteiger partial charge in [-0.2, -0.15) is 0 Å². The van der Waals surface area contributed by atoms with E-state index in [1.54, 1.807) is 0 Å². The van der Waals surface area contributed by atoms with Gasteiger partial charge in [-0.3, -0.25) is 9.59 Å². The summed E-state index contributed by atoms with van der Waals surface area (Å²) in [6.45, 7) is 2.44. The van der Waals surface area contributed by atoms with Crippen LogP contribution in [0.3, 0.4) is 0 Å². The molecule has 0 radical (unpaired) electrons. The number of carbonyl (C=O) groups is 2. The van der Waals surface area contributed by atoms with Crippen molar-refractivity contribution in [3.63, 3.8) is 0 Å². The Morgan fingerprint density at radius 3 is 2.43 bits per heavy atom. The zero-order valence-corrected chi connectivity index (χ0v) is 8.32. The van der Waals surface area contributed by atoms with Gasteiger partial charge < -0.3 is 11.1 Å². The summed E-state index contributed by atoms with van der Waals surface area (Å²) in [6, 6.07) is 0. The topological polar surface area (TPSA) is 72.2 Å². The lowest BCUT2D eigenvalue weighted by molar-refractivity contribution is -0.133. The van der Waals surface area contributed by atoms with E-state index in [4.69, 9.17) is 5.73 Å². The molecule has 0 spiro atoms. The van der Waals surface area contributed by atoms with E-state index >= 15 is 0 Å². The molecule has 0 aromatic carbocycles. The number of hydrogen-bond acceptors (Lipinski definition) is 2. The summed E-state index contributed by atoms with van der Waals surface area (Å²) in [6.07, 6.45) is 5.03. The van der Waals surface area contributed by atoms with E-state index in [0.29, 0.717) is 19.4 Å². The second-order valence-electron chi connectivity index (χ2n) is 3.45. The summed E-state index contributed by atoms with van der Waals surface area (Å²) in [7, 11) is 0. The van der Waals surface area contributed by atoms with E-state index in [1.807, 2.05) is 19.1 Å². The molecule has 1 rings (SSSR count). The molecule has 0 fully saturated rings. The van der Waals surface area contributed by atoms with E-state index in [1.165, 1.54) is 0 Å². The molecule has 0 aromatic heterocycles. The van der Waals surface area contributed by atoms with Crippen molar-refractivity contribution < 1.29 is 9.59 Å². The van der Waals surface area contributed by atoms with Crippen LogP contribution < -0.4 is 11.1 Å². The van der Waals surface area contributed by atoms with Gasteiger partial charge in [0, 0.05) is 6.54 Å². The SMILES string of the molecule is CCNC(=O)C1CC=CCC1C(N)=O. The van der Waals surface area contributed by atoms with Gasteiger partial charge in [0.2, 0.25) is 11.8 Å². The fourth-order valence-electron chi connectivity index (χ4n) is 1.72. The molecule has 3 N–H and O–H groups in total. The van der Waals surface area contributed by atoms with Crippen LogP contribution in [0.15, 0.2) is 12.2 Å². The van der Waals surface area contributed by atoms with E-state index < -0.39 is 0 Å². The quantitative estimate of drug-likeness (QED) is 0.632. The number of hydrogen-bond donors (Lipinski definition) is 2. The van der Waals surface area contributed by atoms with Gasteiger partial charge >= 0.3 is 0 Å². The van der Waals surface area contributed by atoms with Crippen LogP contribution in [0, 0.1) is 11.8 Å². The standard InChI is InChI=1S/C10H16N2O2/c1-2-12-10(14)8-6-4-3-5-7(8)9(11)13/h3-4,7-8H,2,5-6H2,1H3,(H2,11,13)(H,12,14). The maximum Gasteiger partial charge on any atom is 0.224 e.